The molecule has 0 atom stereocenters. The smallest absolute Gasteiger partial charge is 0.344 e. The van der Waals surface area contributed by atoms with Crippen molar-refractivity contribution in [3.05, 3.63) is 101 Å². The van der Waals surface area contributed by atoms with E-state index >= 15 is 0 Å². The number of hydrogen-bond acceptors (Lipinski definition) is 5. The minimum absolute atomic E-state index is 0.237. The third-order valence-electron chi connectivity index (χ3n) is 4.39. The SMILES string of the molecule is CCO/C(O)=C/[N+](=Cc1ccccc1OC(=O)c1ccc(OC)cc1)c1ccc(Br)cc1. The maximum Gasteiger partial charge on any atom is 0.344 e. The Morgan fingerprint density at radius 1 is 1.03 bits per heavy atom. The van der Waals surface area contributed by atoms with Gasteiger partial charge in [-0.1, -0.05) is 28.1 Å². The van der Waals surface area contributed by atoms with Crippen molar-refractivity contribution in [2.24, 2.45) is 0 Å². The van der Waals surface area contributed by atoms with Crippen LogP contribution in [0.3, 0.4) is 0 Å². The van der Waals surface area contributed by atoms with Crippen LogP contribution in [0.25, 0.3) is 0 Å². The van der Waals surface area contributed by atoms with Gasteiger partial charge in [0.05, 0.1) is 24.8 Å². The van der Waals surface area contributed by atoms with Crippen molar-refractivity contribution < 1.29 is 28.7 Å². The monoisotopic (exact) mass is 496 g/mol. The lowest BCUT2D eigenvalue weighted by Gasteiger charge is -2.08. The van der Waals surface area contributed by atoms with Crippen LogP contribution in [-0.4, -0.2) is 35.6 Å². The molecule has 0 aliphatic heterocycles. The zero-order valence-corrected chi connectivity index (χ0v) is 19.3. The molecule has 0 spiro atoms. The van der Waals surface area contributed by atoms with Crippen LogP contribution in [0.1, 0.15) is 22.8 Å². The fourth-order valence-electron chi connectivity index (χ4n) is 2.82. The number of methoxy groups -OCH3 is 1. The molecule has 0 aliphatic rings. The Morgan fingerprint density at radius 2 is 1.72 bits per heavy atom. The number of esters is 1. The zero-order chi connectivity index (χ0) is 22.9. The summed E-state index contributed by atoms with van der Waals surface area (Å²) in [6.07, 6.45) is 3.20. The summed E-state index contributed by atoms with van der Waals surface area (Å²) in [6, 6.07) is 21.4. The van der Waals surface area contributed by atoms with Gasteiger partial charge >= 0.3 is 11.9 Å². The van der Waals surface area contributed by atoms with Gasteiger partial charge in [0.15, 0.2) is 6.21 Å². The highest BCUT2D eigenvalue weighted by molar-refractivity contribution is 9.10. The summed E-state index contributed by atoms with van der Waals surface area (Å²) in [5.41, 5.74) is 1.81. The molecule has 0 fully saturated rings. The number of aliphatic hydroxyl groups excluding tert-OH is 1. The second-order valence-electron chi connectivity index (χ2n) is 6.57. The van der Waals surface area contributed by atoms with Gasteiger partial charge in [-0.2, -0.15) is 4.58 Å². The number of hydrogen-bond donors (Lipinski definition) is 1. The summed E-state index contributed by atoms with van der Waals surface area (Å²) in [5.74, 6) is 0.303. The molecular weight excluding hydrogens is 474 g/mol. The molecule has 0 radical (unpaired) electrons. The van der Waals surface area contributed by atoms with Crippen molar-refractivity contribution >= 4 is 33.8 Å². The van der Waals surface area contributed by atoms with Gasteiger partial charge < -0.3 is 19.3 Å². The number of aliphatic hydroxyl groups is 1. The quantitative estimate of drug-likeness (QED) is 0.139. The predicted octanol–water partition coefficient (Wildman–Crippen LogP) is 5.83. The molecule has 0 aromatic heterocycles. The van der Waals surface area contributed by atoms with Crippen LogP contribution in [0.2, 0.25) is 0 Å². The van der Waals surface area contributed by atoms with Crippen LogP contribution < -0.4 is 9.47 Å². The normalized spacial score (nSPS) is 11.7. The summed E-state index contributed by atoms with van der Waals surface area (Å²) < 4.78 is 18.6. The van der Waals surface area contributed by atoms with Crippen LogP contribution >= 0.6 is 15.9 Å². The van der Waals surface area contributed by atoms with E-state index in [1.54, 1.807) is 61.2 Å². The van der Waals surface area contributed by atoms with Gasteiger partial charge in [0.1, 0.15) is 11.5 Å². The highest BCUT2D eigenvalue weighted by Gasteiger charge is 2.16. The molecule has 164 valence electrons. The third-order valence-corrected chi connectivity index (χ3v) is 4.92. The molecular formula is C25H23BrNO5+. The molecule has 0 aliphatic carbocycles. The van der Waals surface area contributed by atoms with Gasteiger partial charge in [-0.15, -0.1) is 0 Å². The Kier molecular flexibility index (Phi) is 8.05. The zero-order valence-electron chi connectivity index (χ0n) is 17.7. The molecule has 0 amide bonds. The summed E-state index contributed by atoms with van der Waals surface area (Å²) in [6.45, 7) is 2.11. The summed E-state index contributed by atoms with van der Waals surface area (Å²) >= 11 is 3.42. The Hall–Kier alpha value is -3.58. The number of para-hydroxylation sites is 1. The minimum Gasteiger partial charge on any atom is -0.497 e. The first kappa shape index (κ1) is 23.1. The van der Waals surface area contributed by atoms with Crippen molar-refractivity contribution in [3.63, 3.8) is 0 Å². The average molecular weight is 497 g/mol. The van der Waals surface area contributed by atoms with E-state index in [-0.39, 0.29) is 5.95 Å². The lowest BCUT2D eigenvalue weighted by atomic mass is 10.2. The first-order valence-corrected chi connectivity index (χ1v) is 10.7. The first-order valence-electron chi connectivity index (χ1n) is 9.87. The highest BCUT2D eigenvalue weighted by atomic mass is 79.9. The number of benzene rings is 3. The standard InChI is InChI=1S/C25H22BrNO5/c1-3-31-24(28)17-27(21-12-10-20(26)11-13-21)16-19-6-4-5-7-23(19)32-25(29)18-8-14-22(30-2)15-9-18/h4-17H,3H2,1-2H3/p+1/b24-17+,27-16?. The lowest BCUT2D eigenvalue weighted by Crippen LogP contribution is -2.11. The van der Waals surface area contributed by atoms with E-state index in [0.29, 0.717) is 29.2 Å². The maximum absolute atomic E-state index is 12.7. The van der Waals surface area contributed by atoms with Gasteiger partial charge in [-0.3, -0.25) is 0 Å². The molecule has 7 heteroatoms. The molecule has 0 heterocycles. The fourth-order valence-corrected chi connectivity index (χ4v) is 3.08. The summed E-state index contributed by atoms with van der Waals surface area (Å²) in [4.78, 5) is 12.7. The molecule has 0 bridgehead atoms. The molecule has 32 heavy (non-hydrogen) atoms. The van der Waals surface area contributed by atoms with Gasteiger partial charge in [-0.05, 0) is 55.5 Å². The molecule has 0 saturated heterocycles. The van der Waals surface area contributed by atoms with E-state index in [4.69, 9.17) is 14.2 Å². The van der Waals surface area contributed by atoms with Gasteiger partial charge in [-0.25, -0.2) is 4.79 Å². The minimum atomic E-state index is -0.489. The largest absolute Gasteiger partial charge is 0.497 e. The predicted molar refractivity (Wildman–Crippen MR) is 126 cm³/mol. The first-order chi connectivity index (χ1) is 15.5. The van der Waals surface area contributed by atoms with Crippen molar-refractivity contribution in [2.75, 3.05) is 13.7 Å². The Morgan fingerprint density at radius 3 is 2.38 bits per heavy atom. The number of halogens is 1. The van der Waals surface area contributed by atoms with Gasteiger partial charge in [0.2, 0.25) is 5.69 Å². The molecule has 6 nitrogen and oxygen atoms in total. The molecule has 3 aromatic carbocycles. The van der Waals surface area contributed by atoms with Crippen LogP contribution in [0.5, 0.6) is 11.5 Å². The van der Waals surface area contributed by atoms with Crippen LogP contribution in [0.4, 0.5) is 5.69 Å². The van der Waals surface area contributed by atoms with Crippen molar-refractivity contribution in [1.29, 1.82) is 0 Å². The van der Waals surface area contributed by atoms with Crippen molar-refractivity contribution in [1.82, 2.24) is 0 Å². The van der Waals surface area contributed by atoms with Crippen LogP contribution in [-0.2, 0) is 4.74 Å². The maximum atomic E-state index is 12.7. The van der Waals surface area contributed by atoms with Crippen LogP contribution in [0, 0.1) is 0 Å². The topological polar surface area (TPSA) is 68.0 Å². The van der Waals surface area contributed by atoms with E-state index in [0.717, 1.165) is 10.2 Å². The third kappa shape index (κ3) is 6.21. The van der Waals surface area contributed by atoms with Crippen molar-refractivity contribution in [2.45, 2.75) is 6.92 Å². The highest BCUT2D eigenvalue weighted by Crippen LogP contribution is 2.22. The summed E-state index contributed by atoms with van der Waals surface area (Å²) in [5, 5.41) is 10.1. The molecule has 3 rings (SSSR count). The number of ether oxygens (including phenoxy) is 3. The number of nitrogens with zero attached hydrogens (tertiary/aromatic N) is 1. The molecule has 1 N–H and O–H groups in total. The van der Waals surface area contributed by atoms with Crippen molar-refractivity contribution in [3.8, 4) is 11.5 Å². The van der Waals surface area contributed by atoms with E-state index in [1.165, 1.54) is 6.20 Å². The Labute approximate surface area is 195 Å². The fraction of sp³-hybridized carbons (Fsp3) is 0.120. The molecule has 0 saturated carbocycles. The lowest BCUT2D eigenvalue weighted by molar-refractivity contribution is -0.360. The average Bonchev–Trinajstić information content (AvgIpc) is 2.80. The second kappa shape index (κ2) is 11.2. The molecule has 3 aromatic rings. The summed E-state index contributed by atoms with van der Waals surface area (Å²) in [7, 11) is 1.56. The Bertz CT molecular complexity index is 1120. The number of carbonyl (C=O) groups excluding carboxylic acids is 1. The van der Waals surface area contributed by atoms with Gasteiger partial charge in [0, 0.05) is 16.6 Å². The van der Waals surface area contributed by atoms with E-state index < -0.39 is 5.97 Å². The van der Waals surface area contributed by atoms with E-state index in [2.05, 4.69) is 15.9 Å². The van der Waals surface area contributed by atoms with Gasteiger partial charge in [0.25, 0.3) is 6.20 Å². The number of rotatable bonds is 8. The van der Waals surface area contributed by atoms with E-state index in [1.807, 2.05) is 36.4 Å². The Balaban J connectivity index is 1.96. The van der Waals surface area contributed by atoms with Crippen LogP contribution in [0.15, 0.2) is 89.4 Å². The number of carbonyl (C=O) groups is 1. The second-order valence-corrected chi connectivity index (χ2v) is 7.48. The molecule has 0 unspecified atom stereocenters. The van der Waals surface area contributed by atoms with E-state index in [9.17, 15) is 9.90 Å².